The summed E-state index contributed by atoms with van der Waals surface area (Å²) in [4.78, 5) is 24.3. The molecule has 3 aromatic carbocycles. The number of hydrogen-bond donors (Lipinski definition) is 3. The molecule has 0 radical (unpaired) electrons. The van der Waals surface area contributed by atoms with Crippen LogP contribution in [0.4, 0.5) is 0 Å². The summed E-state index contributed by atoms with van der Waals surface area (Å²) in [5.74, 6) is 0.839. The van der Waals surface area contributed by atoms with E-state index in [4.69, 9.17) is 4.98 Å². The highest BCUT2D eigenvalue weighted by molar-refractivity contribution is 5.83. The summed E-state index contributed by atoms with van der Waals surface area (Å²) >= 11 is 0. The molecule has 0 saturated carbocycles. The Morgan fingerprint density at radius 3 is 2.50 bits per heavy atom. The predicted molar refractivity (Wildman–Crippen MR) is 128 cm³/mol. The maximum Gasteiger partial charge on any atom is 0.220 e. The van der Waals surface area contributed by atoms with E-state index in [1.165, 1.54) is 10.9 Å². The monoisotopic (exact) mass is 422 g/mol. The maximum absolute atomic E-state index is 12.9. The zero-order valence-electron chi connectivity index (χ0n) is 17.8. The number of fused-ring (bicyclic) bond motifs is 2. The fraction of sp³-hybridized carbons (Fsp3) is 0.185. The van der Waals surface area contributed by atoms with E-state index in [0.29, 0.717) is 12.8 Å². The van der Waals surface area contributed by atoms with E-state index in [2.05, 4.69) is 45.7 Å². The Morgan fingerprint density at radius 2 is 1.66 bits per heavy atom. The molecule has 5 rings (SSSR count). The quantitative estimate of drug-likeness (QED) is 0.310. The van der Waals surface area contributed by atoms with Crippen LogP contribution in [0.15, 0.2) is 85.1 Å². The summed E-state index contributed by atoms with van der Waals surface area (Å²) in [6, 6.07) is 26.2. The number of rotatable bonds is 8. The molecule has 0 spiro atoms. The second-order valence-electron chi connectivity index (χ2n) is 8.16. The average molecular weight is 423 g/mol. The first-order valence-electron chi connectivity index (χ1n) is 11.1. The number of imidazole rings is 1. The molecule has 160 valence electrons. The lowest BCUT2D eigenvalue weighted by molar-refractivity contribution is -0.122. The van der Waals surface area contributed by atoms with Crippen molar-refractivity contribution in [1.82, 2.24) is 20.3 Å². The van der Waals surface area contributed by atoms with Crippen molar-refractivity contribution in [3.8, 4) is 0 Å². The molecule has 0 bridgehead atoms. The molecular formula is C27H26N4O. The standard InChI is InChI=1S/C27H26N4O/c32-26(16-8-11-20-18-28-22-13-5-4-12-21(20)22)29-25(17-19-9-2-1-3-10-19)27-30-23-14-6-7-15-24(23)31-27/h1-7,9-10,12-15,18,25,28H,8,11,16-17H2,(H,29,32)(H,30,31)/t25-/m0/s1. The van der Waals surface area contributed by atoms with Crippen molar-refractivity contribution < 1.29 is 4.79 Å². The fourth-order valence-electron chi connectivity index (χ4n) is 4.25. The van der Waals surface area contributed by atoms with Gasteiger partial charge >= 0.3 is 0 Å². The second-order valence-corrected chi connectivity index (χ2v) is 8.16. The lowest BCUT2D eigenvalue weighted by Crippen LogP contribution is -2.30. The number of benzene rings is 3. The number of carbonyl (C=O) groups is 1. The largest absolute Gasteiger partial charge is 0.361 e. The number of para-hydroxylation sites is 3. The molecule has 0 aliphatic rings. The Balaban J connectivity index is 1.27. The SMILES string of the molecule is O=C(CCCc1c[nH]c2ccccc12)N[C@@H](Cc1ccccc1)c1nc2ccccc2[nH]1. The Kier molecular flexibility index (Phi) is 5.71. The van der Waals surface area contributed by atoms with Gasteiger partial charge in [-0.2, -0.15) is 0 Å². The summed E-state index contributed by atoms with van der Waals surface area (Å²) < 4.78 is 0. The van der Waals surface area contributed by atoms with E-state index >= 15 is 0 Å². The van der Waals surface area contributed by atoms with Gasteiger partial charge in [0.05, 0.1) is 17.1 Å². The minimum Gasteiger partial charge on any atom is -0.361 e. The summed E-state index contributed by atoms with van der Waals surface area (Å²) in [5.41, 5.74) is 5.45. The van der Waals surface area contributed by atoms with Gasteiger partial charge in [-0.15, -0.1) is 0 Å². The van der Waals surface area contributed by atoms with Gasteiger partial charge in [-0.05, 0) is 48.6 Å². The van der Waals surface area contributed by atoms with E-state index < -0.39 is 0 Å². The van der Waals surface area contributed by atoms with E-state index in [9.17, 15) is 4.79 Å². The molecule has 1 atom stereocenters. The van der Waals surface area contributed by atoms with Crippen LogP contribution in [0.5, 0.6) is 0 Å². The van der Waals surface area contributed by atoms with Crippen LogP contribution in [-0.4, -0.2) is 20.9 Å². The molecule has 3 N–H and O–H groups in total. The van der Waals surface area contributed by atoms with Crippen LogP contribution in [0.2, 0.25) is 0 Å². The highest BCUT2D eigenvalue weighted by Gasteiger charge is 2.19. The number of aromatic nitrogens is 3. The van der Waals surface area contributed by atoms with Crippen LogP contribution in [0.1, 0.15) is 35.8 Å². The van der Waals surface area contributed by atoms with Crippen molar-refractivity contribution in [2.24, 2.45) is 0 Å². The fourth-order valence-corrected chi connectivity index (χ4v) is 4.25. The van der Waals surface area contributed by atoms with Crippen LogP contribution in [0.25, 0.3) is 21.9 Å². The van der Waals surface area contributed by atoms with Gasteiger partial charge in [0.2, 0.25) is 5.91 Å². The number of nitrogens with zero attached hydrogens (tertiary/aromatic N) is 1. The van der Waals surface area contributed by atoms with Crippen molar-refractivity contribution >= 4 is 27.8 Å². The summed E-state index contributed by atoms with van der Waals surface area (Å²) in [5, 5.41) is 4.45. The topological polar surface area (TPSA) is 73.6 Å². The molecule has 0 saturated heterocycles. The molecule has 5 aromatic rings. The summed E-state index contributed by atoms with van der Waals surface area (Å²) in [6.07, 6.45) is 4.88. The lowest BCUT2D eigenvalue weighted by atomic mass is 10.0. The molecule has 1 amide bonds. The first-order chi connectivity index (χ1) is 15.8. The Hall–Kier alpha value is -3.86. The first kappa shape index (κ1) is 20.1. The van der Waals surface area contributed by atoms with Crippen LogP contribution in [-0.2, 0) is 17.6 Å². The summed E-state index contributed by atoms with van der Waals surface area (Å²) in [6.45, 7) is 0. The smallest absolute Gasteiger partial charge is 0.220 e. The van der Waals surface area contributed by atoms with Crippen LogP contribution < -0.4 is 5.32 Å². The third-order valence-corrected chi connectivity index (χ3v) is 5.88. The van der Waals surface area contributed by atoms with Gasteiger partial charge in [-0.25, -0.2) is 4.98 Å². The highest BCUT2D eigenvalue weighted by Crippen LogP contribution is 2.22. The van der Waals surface area contributed by atoms with Crippen molar-refractivity contribution in [3.63, 3.8) is 0 Å². The minimum atomic E-state index is -0.203. The molecular weight excluding hydrogens is 396 g/mol. The number of amides is 1. The number of carbonyl (C=O) groups excluding carboxylic acids is 1. The Bertz CT molecular complexity index is 1300. The van der Waals surface area contributed by atoms with E-state index in [1.807, 2.05) is 54.6 Å². The lowest BCUT2D eigenvalue weighted by Gasteiger charge is -2.17. The Morgan fingerprint density at radius 1 is 0.906 bits per heavy atom. The molecule has 0 aliphatic carbocycles. The van der Waals surface area contributed by atoms with Gasteiger partial charge in [-0.3, -0.25) is 4.79 Å². The Labute approximate surface area is 186 Å². The molecule has 2 heterocycles. The van der Waals surface area contributed by atoms with Crippen molar-refractivity contribution in [2.45, 2.75) is 31.7 Å². The van der Waals surface area contributed by atoms with Crippen LogP contribution >= 0.6 is 0 Å². The number of H-pyrrole nitrogens is 2. The third-order valence-electron chi connectivity index (χ3n) is 5.88. The van der Waals surface area contributed by atoms with Gasteiger partial charge in [-0.1, -0.05) is 60.7 Å². The van der Waals surface area contributed by atoms with Crippen LogP contribution in [0, 0.1) is 0 Å². The van der Waals surface area contributed by atoms with Crippen molar-refractivity contribution in [3.05, 3.63) is 102 Å². The molecule has 5 heteroatoms. The van der Waals surface area contributed by atoms with Crippen molar-refractivity contribution in [2.75, 3.05) is 0 Å². The van der Waals surface area contributed by atoms with Gasteiger partial charge in [0.25, 0.3) is 0 Å². The van der Waals surface area contributed by atoms with Gasteiger partial charge in [0, 0.05) is 23.5 Å². The predicted octanol–water partition coefficient (Wildman–Crippen LogP) is 5.47. The molecule has 0 unspecified atom stereocenters. The van der Waals surface area contributed by atoms with Crippen LogP contribution in [0.3, 0.4) is 0 Å². The number of hydrogen-bond acceptors (Lipinski definition) is 2. The second kappa shape index (κ2) is 9.10. The molecule has 0 fully saturated rings. The minimum absolute atomic E-state index is 0.0474. The van der Waals surface area contributed by atoms with E-state index in [-0.39, 0.29) is 11.9 Å². The third kappa shape index (κ3) is 4.42. The normalized spacial score (nSPS) is 12.2. The molecule has 5 nitrogen and oxygen atoms in total. The van der Waals surface area contributed by atoms with Gasteiger partial charge < -0.3 is 15.3 Å². The van der Waals surface area contributed by atoms with Crippen molar-refractivity contribution in [1.29, 1.82) is 0 Å². The number of aryl methyl sites for hydroxylation is 1. The maximum atomic E-state index is 12.9. The zero-order valence-corrected chi connectivity index (χ0v) is 17.8. The van der Waals surface area contributed by atoms with E-state index in [1.54, 1.807) is 0 Å². The first-order valence-corrected chi connectivity index (χ1v) is 11.1. The number of aromatic amines is 2. The number of nitrogens with one attached hydrogen (secondary N) is 3. The molecule has 32 heavy (non-hydrogen) atoms. The molecule has 2 aromatic heterocycles. The average Bonchev–Trinajstić information content (AvgIpc) is 3.44. The van der Waals surface area contributed by atoms with Gasteiger partial charge in [0.15, 0.2) is 0 Å². The summed E-state index contributed by atoms with van der Waals surface area (Å²) in [7, 11) is 0. The highest BCUT2D eigenvalue weighted by atomic mass is 16.1. The zero-order chi connectivity index (χ0) is 21.8. The van der Waals surface area contributed by atoms with Gasteiger partial charge in [0.1, 0.15) is 5.82 Å². The van der Waals surface area contributed by atoms with E-state index in [0.717, 1.165) is 40.8 Å². The molecule has 0 aliphatic heterocycles.